The summed E-state index contributed by atoms with van der Waals surface area (Å²) >= 11 is 1.46. The molecular formula is C16H22N4O2S. The van der Waals surface area contributed by atoms with Gasteiger partial charge in [0.25, 0.3) is 0 Å². The molecule has 3 unspecified atom stereocenters. The van der Waals surface area contributed by atoms with Crippen LogP contribution in [0.25, 0.3) is 0 Å². The van der Waals surface area contributed by atoms with Crippen LogP contribution >= 0.6 is 11.3 Å². The Morgan fingerprint density at radius 2 is 2.26 bits per heavy atom. The minimum absolute atomic E-state index is 0.135. The van der Waals surface area contributed by atoms with Gasteiger partial charge in [-0.25, -0.2) is 4.98 Å². The number of amides is 2. The zero-order valence-electron chi connectivity index (χ0n) is 13.1. The molecule has 124 valence electrons. The Kier molecular flexibility index (Phi) is 3.85. The van der Waals surface area contributed by atoms with Gasteiger partial charge >= 0.3 is 0 Å². The summed E-state index contributed by atoms with van der Waals surface area (Å²) in [6, 6.07) is 0.254. The quantitative estimate of drug-likeness (QED) is 0.895. The third-order valence-electron chi connectivity index (χ3n) is 5.44. The normalized spacial score (nSPS) is 30.3. The number of fused-ring (bicyclic) bond motifs is 1. The van der Waals surface area contributed by atoms with Crippen molar-refractivity contribution in [3.05, 3.63) is 11.1 Å². The van der Waals surface area contributed by atoms with E-state index < -0.39 is 0 Å². The number of likely N-dealkylation sites (tertiary alicyclic amines) is 1. The van der Waals surface area contributed by atoms with E-state index in [0.29, 0.717) is 24.7 Å². The number of anilines is 1. The molecule has 2 amide bonds. The highest BCUT2D eigenvalue weighted by Gasteiger charge is 2.42. The lowest BCUT2D eigenvalue weighted by atomic mass is 9.98. The van der Waals surface area contributed by atoms with Gasteiger partial charge in [-0.05, 0) is 31.1 Å². The van der Waals surface area contributed by atoms with Crippen LogP contribution in [-0.2, 0) is 16.0 Å². The van der Waals surface area contributed by atoms with Crippen LogP contribution in [0.3, 0.4) is 0 Å². The standard InChI is InChI=1S/C16H22N4O2S/c17-13-4-3-10-7-19(8-12(10)13)15(22)6-11-9-23-16(18-11)20-5-1-2-14(20)21/h9-10,12-13H,1-8,17H2. The third-order valence-corrected chi connectivity index (χ3v) is 6.35. The van der Waals surface area contributed by atoms with E-state index in [1.165, 1.54) is 11.3 Å². The molecule has 3 fully saturated rings. The van der Waals surface area contributed by atoms with Gasteiger partial charge in [0.2, 0.25) is 11.8 Å². The maximum Gasteiger partial charge on any atom is 0.228 e. The molecule has 0 aromatic carbocycles. The number of hydrogen-bond acceptors (Lipinski definition) is 5. The molecule has 2 N–H and O–H groups in total. The second kappa shape index (κ2) is 5.87. The van der Waals surface area contributed by atoms with Crippen LogP contribution in [-0.4, -0.2) is 47.4 Å². The lowest BCUT2D eigenvalue weighted by molar-refractivity contribution is -0.129. The summed E-state index contributed by atoms with van der Waals surface area (Å²) in [5, 5.41) is 2.64. The predicted molar refractivity (Wildman–Crippen MR) is 88.2 cm³/mol. The van der Waals surface area contributed by atoms with Crippen LogP contribution in [0.4, 0.5) is 5.13 Å². The predicted octanol–water partition coefficient (Wildman–Crippen LogP) is 1.01. The highest BCUT2D eigenvalue weighted by Crippen LogP contribution is 2.37. The van der Waals surface area contributed by atoms with E-state index in [-0.39, 0.29) is 17.9 Å². The Hall–Kier alpha value is -1.47. The average Bonchev–Trinajstić information content (AvgIpc) is 3.25. The van der Waals surface area contributed by atoms with Gasteiger partial charge < -0.3 is 10.6 Å². The number of hydrogen-bond donors (Lipinski definition) is 1. The van der Waals surface area contributed by atoms with E-state index in [2.05, 4.69) is 4.98 Å². The smallest absolute Gasteiger partial charge is 0.228 e. The minimum atomic E-state index is 0.135. The summed E-state index contributed by atoms with van der Waals surface area (Å²) in [6.45, 7) is 2.39. The van der Waals surface area contributed by atoms with E-state index >= 15 is 0 Å². The molecule has 1 aliphatic carbocycles. The van der Waals surface area contributed by atoms with Crippen molar-refractivity contribution in [3.63, 3.8) is 0 Å². The SMILES string of the molecule is NC1CCC2CN(C(=O)Cc3csc(N4CCCC4=O)n3)CC12. The Balaban J connectivity index is 1.38. The number of nitrogens with two attached hydrogens (primary N) is 1. The largest absolute Gasteiger partial charge is 0.342 e. The Labute approximate surface area is 139 Å². The highest BCUT2D eigenvalue weighted by molar-refractivity contribution is 7.14. The van der Waals surface area contributed by atoms with Crippen molar-refractivity contribution < 1.29 is 9.59 Å². The molecule has 0 spiro atoms. The molecule has 23 heavy (non-hydrogen) atoms. The van der Waals surface area contributed by atoms with E-state index in [9.17, 15) is 9.59 Å². The zero-order valence-corrected chi connectivity index (χ0v) is 13.9. The number of nitrogens with zero attached hydrogens (tertiary/aromatic N) is 3. The van der Waals surface area contributed by atoms with E-state index in [1.54, 1.807) is 4.90 Å². The van der Waals surface area contributed by atoms with Crippen molar-refractivity contribution in [3.8, 4) is 0 Å². The van der Waals surface area contributed by atoms with Gasteiger partial charge in [-0.1, -0.05) is 0 Å². The van der Waals surface area contributed by atoms with Crippen LogP contribution in [0.15, 0.2) is 5.38 Å². The van der Waals surface area contributed by atoms with Crippen LogP contribution in [0, 0.1) is 11.8 Å². The average molecular weight is 334 g/mol. The van der Waals surface area contributed by atoms with E-state index in [4.69, 9.17) is 5.73 Å². The van der Waals surface area contributed by atoms with Gasteiger partial charge in [0.15, 0.2) is 5.13 Å². The van der Waals surface area contributed by atoms with Gasteiger partial charge in [-0.2, -0.15) is 0 Å². The Morgan fingerprint density at radius 3 is 3.00 bits per heavy atom. The van der Waals surface area contributed by atoms with Crippen LogP contribution in [0.2, 0.25) is 0 Å². The van der Waals surface area contributed by atoms with Crippen LogP contribution < -0.4 is 10.6 Å². The van der Waals surface area contributed by atoms with Crippen LogP contribution in [0.1, 0.15) is 31.4 Å². The first-order valence-electron chi connectivity index (χ1n) is 8.40. The molecule has 0 radical (unpaired) electrons. The molecular weight excluding hydrogens is 312 g/mol. The molecule has 7 heteroatoms. The molecule has 1 aromatic heterocycles. The lowest BCUT2D eigenvalue weighted by Gasteiger charge is -2.18. The first kappa shape index (κ1) is 15.1. The molecule has 2 saturated heterocycles. The van der Waals surface area contributed by atoms with Crippen molar-refractivity contribution in [1.82, 2.24) is 9.88 Å². The number of rotatable bonds is 3. The molecule has 3 atom stereocenters. The molecule has 2 aliphatic heterocycles. The number of aromatic nitrogens is 1. The van der Waals surface area contributed by atoms with Crippen molar-refractivity contribution in [1.29, 1.82) is 0 Å². The fourth-order valence-corrected chi connectivity index (χ4v) is 5.00. The fourth-order valence-electron chi connectivity index (χ4n) is 4.13. The minimum Gasteiger partial charge on any atom is -0.342 e. The number of carbonyl (C=O) groups is 2. The molecule has 1 aromatic rings. The summed E-state index contributed by atoms with van der Waals surface area (Å²) in [5.74, 6) is 1.34. The van der Waals surface area contributed by atoms with Crippen LogP contribution in [0.5, 0.6) is 0 Å². The number of thiazole rings is 1. The molecule has 3 heterocycles. The van der Waals surface area contributed by atoms with Gasteiger partial charge in [0.05, 0.1) is 12.1 Å². The Bertz CT molecular complexity index is 631. The highest BCUT2D eigenvalue weighted by atomic mass is 32.1. The maximum absolute atomic E-state index is 12.5. The van der Waals surface area contributed by atoms with Crippen molar-refractivity contribution >= 4 is 28.3 Å². The van der Waals surface area contributed by atoms with E-state index in [1.807, 2.05) is 10.3 Å². The fraction of sp³-hybridized carbons (Fsp3) is 0.688. The zero-order chi connectivity index (χ0) is 16.0. The van der Waals surface area contributed by atoms with Crippen molar-refractivity contribution in [2.24, 2.45) is 17.6 Å². The van der Waals surface area contributed by atoms with Gasteiger partial charge in [0.1, 0.15) is 0 Å². The summed E-state index contributed by atoms with van der Waals surface area (Å²) < 4.78 is 0. The third kappa shape index (κ3) is 2.76. The summed E-state index contributed by atoms with van der Waals surface area (Å²) in [6.07, 6.45) is 4.06. The lowest BCUT2D eigenvalue weighted by Crippen LogP contribution is -2.34. The molecule has 6 nitrogen and oxygen atoms in total. The van der Waals surface area contributed by atoms with E-state index in [0.717, 1.165) is 49.7 Å². The molecule has 0 bridgehead atoms. The second-order valence-electron chi connectivity index (χ2n) is 6.91. The van der Waals surface area contributed by atoms with Gasteiger partial charge in [-0.3, -0.25) is 14.5 Å². The topological polar surface area (TPSA) is 79.5 Å². The first-order valence-corrected chi connectivity index (χ1v) is 9.28. The van der Waals surface area contributed by atoms with Crippen molar-refractivity contribution in [2.45, 2.75) is 38.1 Å². The molecule has 1 saturated carbocycles. The summed E-state index contributed by atoms with van der Waals surface area (Å²) in [7, 11) is 0. The van der Waals surface area contributed by atoms with Crippen molar-refractivity contribution in [2.75, 3.05) is 24.5 Å². The second-order valence-corrected chi connectivity index (χ2v) is 7.75. The van der Waals surface area contributed by atoms with Gasteiger partial charge in [-0.15, -0.1) is 11.3 Å². The van der Waals surface area contributed by atoms with Gasteiger partial charge in [0, 0.05) is 37.5 Å². The Morgan fingerprint density at radius 1 is 1.39 bits per heavy atom. The summed E-state index contributed by atoms with van der Waals surface area (Å²) in [4.78, 5) is 32.5. The molecule has 3 aliphatic rings. The first-order chi connectivity index (χ1) is 11.1. The maximum atomic E-state index is 12.5. The monoisotopic (exact) mass is 334 g/mol. The number of carbonyl (C=O) groups excluding carboxylic acids is 2. The molecule has 4 rings (SSSR count). The summed E-state index contributed by atoms with van der Waals surface area (Å²) in [5.41, 5.74) is 6.91.